The zero-order chi connectivity index (χ0) is 14.0. The van der Waals surface area contributed by atoms with E-state index >= 15 is 0 Å². The first-order valence-electron chi connectivity index (χ1n) is 7.98. The van der Waals surface area contributed by atoms with Crippen LogP contribution in [0, 0.1) is 0 Å². The second-order valence-corrected chi connectivity index (χ2v) is 6.59. The molecule has 1 aliphatic carbocycles. The lowest BCUT2D eigenvalue weighted by Gasteiger charge is -2.49. The average molecular weight is 278 g/mol. The molecule has 5 nitrogen and oxygen atoms in total. The van der Waals surface area contributed by atoms with Crippen molar-refractivity contribution in [2.24, 2.45) is 0 Å². The van der Waals surface area contributed by atoms with Crippen LogP contribution in [-0.4, -0.2) is 40.2 Å². The lowest BCUT2D eigenvalue weighted by molar-refractivity contribution is 0.0184. The molecule has 112 valence electrons. The smallest absolute Gasteiger partial charge is 0.229 e. The van der Waals surface area contributed by atoms with Gasteiger partial charge in [0.25, 0.3) is 0 Å². The number of piperazine rings is 1. The minimum Gasteiger partial charge on any atom is -0.339 e. The van der Waals surface area contributed by atoms with Gasteiger partial charge in [-0.3, -0.25) is 4.90 Å². The molecule has 1 aromatic rings. The van der Waals surface area contributed by atoms with Gasteiger partial charge in [0.15, 0.2) is 5.82 Å². The summed E-state index contributed by atoms with van der Waals surface area (Å²) in [7, 11) is 0. The van der Waals surface area contributed by atoms with Gasteiger partial charge in [0.2, 0.25) is 5.89 Å². The summed E-state index contributed by atoms with van der Waals surface area (Å²) in [6.45, 7) is 8.28. The topological polar surface area (TPSA) is 54.2 Å². The summed E-state index contributed by atoms with van der Waals surface area (Å²) in [5, 5.41) is 7.74. The molecule has 1 saturated heterocycles. The van der Waals surface area contributed by atoms with Crippen molar-refractivity contribution in [1.29, 1.82) is 0 Å². The van der Waals surface area contributed by atoms with Crippen LogP contribution in [0.1, 0.15) is 63.6 Å². The van der Waals surface area contributed by atoms with Crippen LogP contribution in [0.3, 0.4) is 0 Å². The third kappa shape index (κ3) is 2.74. The van der Waals surface area contributed by atoms with Gasteiger partial charge in [0, 0.05) is 31.1 Å². The number of nitrogens with one attached hydrogen (secondary N) is 1. The summed E-state index contributed by atoms with van der Waals surface area (Å²) in [5.41, 5.74) is 0.328. The minimum absolute atomic E-state index is 0.308. The van der Waals surface area contributed by atoms with Gasteiger partial charge in [0.1, 0.15) is 0 Å². The Morgan fingerprint density at radius 2 is 2.10 bits per heavy atom. The van der Waals surface area contributed by atoms with E-state index in [1.807, 2.05) is 0 Å². The molecule has 2 heterocycles. The molecule has 0 amide bonds. The Bertz CT molecular complexity index is 429. The first-order valence-corrected chi connectivity index (χ1v) is 7.98. The summed E-state index contributed by atoms with van der Waals surface area (Å²) in [6, 6.07) is 0. The van der Waals surface area contributed by atoms with Crippen LogP contribution in [0.2, 0.25) is 0 Å². The maximum atomic E-state index is 5.34. The predicted molar refractivity (Wildman–Crippen MR) is 77.5 cm³/mol. The van der Waals surface area contributed by atoms with Crippen LogP contribution in [0.4, 0.5) is 0 Å². The molecule has 0 bridgehead atoms. The van der Waals surface area contributed by atoms with Gasteiger partial charge < -0.3 is 9.84 Å². The Morgan fingerprint density at radius 1 is 1.30 bits per heavy atom. The van der Waals surface area contributed by atoms with E-state index in [0.29, 0.717) is 11.5 Å². The van der Waals surface area contributed by atoms with Crippen molar-refractivity contribution in [3.05, 3.63) is 11.7 Å². The molecule has 3 rings (SSSR count). The molecule has 1 aliphatic heterocycles. The van der Waals surface area contributed by atoms with E-state index in [0.717, 1.165) is 37.9 Å². The first-order chi connectivity index (χ1) is 9.70. The number of rotatable bonds is 3. The first kappa shape index (κ1) is 14.0. The summed E-state index contributed by atoms with van der Waals surface area (Å²) in [5.74, 6) is 1.91. The molecule has 1 saturated carbocycles. The van der Waals surface area contributed by atoms with Crippen molar-refractivity contribution in [2.45, 2.75) is 64.0 Å². The van der Waals surface area contributed by atoms with Gasteiger partial charge in [0.05, 0.1) is 6.54 Å². The zero-order valence-corrected chi connectivity index (χ0v) is 12.7. The second-order valence-electron chi connectivity index (χ2n) is 6.59. The molecule has 0 unspecified atom stereocenters. The van der Waals surface area contributed by atoms with Crippen molar-refractivity contribution < 1.29 is 4.52 Å². The highest BCUT2D eigenvalue weighted by Gasteiger charge is 2.40. The van der Waals surface area contributed by atoms with E-state index in [1.165, 1.54) is 32.1 Å². The molecule has 2 aliphatic rings. The van der Waals surface area contributed by atoms with Crippen LogP contribution in [0.25, 0.3) is 0 Å². The summed E-state index contributed by atoms with van der Waals surface area (Å²) in [4.78, 5) is 7.14. The Morgan fingerprint density at radius 3 is 2.80 bits per heavy atom. The number of nitrogens with zero attached hydrogens (tertiary/aromatic N) is 3. The third-order valence-electron chi connectivity index (χ3n) is 4.78. The molecule has 0 atom stereocenters. The number of hydrogen-bond donors (Lipinski definition) is 1. The molecule has 5 heteroatoms. The van der Waals surface area contributed by atoms with Gasteiger partial charge in [-0.05, 0) is 12.8 Å². The Labute approximate surface area is 121 Å². The fourth-order valence-electron chi connectivity index (χ4n) is 3.57. The second kappa shape index (κ2) is 5.82. The van der Waals surface area contributed by atoms with Crippen molar-refractivity contribution >= 4 is 0 Å². The largest absolute Gasteiger partial charge is 0.339 e. The van der Waals surface area contributed by atoms with Gasteiger partial charge >= 0.3 is 0 Å². The molecule has 1 aromatic heterocycles. The maximum Gasteiger partial charge on any atom is 0.229 e. The molecule has 2 fully saturated rings. The maximum absolute atomic E-state index is 5.34. The van der Waals surface area contributed by atoms with Gasteiger partial charge in [-0.2, -0.15) is 4.98 Å². The SMILES string of the molecule is CC(C)c1nc(CN2CCNCC23CCCCC3)no1. The molecule has 0 aromatic carbocycles. The van der Waals surface area contributed by atoms with Crippen LogP contribution in [0.15, 0.2) is 4.52 Å². The van der Waals surface area contributed by atoms with Crippen molar-refractivity contribution in [3.8, 4) is 0 Å². The Kier molecular flexibility index (Phi) is 4.08. The lowest BCUT2D eigenvalue weighted by atomic mass is 9.79. The molecular weight excluding hydrogens is 252 g/mol. The average Bonchev–Trinajstić information content (AvgIpc) is 2.91. The predicted octanol–water partition coefficient (Wildman–Crippen LogP) is 2.30. The van der Waals surface area contributed by atoms with E-state index < -0.39 is 0 Å². The molecule has 1 spiro atoms. The third-order valence-corrected chi connectivity index (χ3v) is 4.78. The van der Waals surface area contributed by atoms with E-state index in [2.05, 4.69) is 34.2 Å². The Hall–Kier alpha value is -0.940. The van der Waals surface area contributed by atoms with E-state index in [4.69, 9.17) is 4.52 Å². The van der Waals surface area contributed by atoms with E-state index in [-0.39, 0.29) is 0 Å². The van der Waals surface area contributed by atoms with Crippen LogP contribution < -0.4 is 5.32 Å². The number of aromatic nitrogens is 2. The van der Waals surface area contributed by atoms with Crippen molar-refractivity contribution in [1.82, 2.24) is 20.4 Å². The van der Waals surface area contributed by atoms with Crippen LogP contribution >= 0.6 is 0 Å². The van der Waals surface area contributed by atoms with E-state index in [9.17, 15) is 0 Å². The number of hydrogen-bond acceptors (Lipinski definition) is 5. The highest BCUT2D eigenvalue weighted by Crippen LogP contribution is 2.35. The molecule has 1 N–H and O–H groups in total. The van der Waals surface area contributed by atoms with Gasteiger partial charge in [-0.15, -0.1) is 0 Å². The summed E-state index contributed by atoms with van der Waals surface area (Å²) < 4.78 is 5.34. The van der Waals surface area contributed by atoms with Crippen LogP contribution in [0.5, 0.6) is 0 Å². The molecular formula is C15H26N4O. The zero-order valence-electron chi connectivity index (χ0n) is 12.7. The van der Waals surface area contributed by atoms with Crippen LogP contribution in [-0.2, 0) is 6.54 Å². The van der Waals surface area contributed by atoms with Crippen molar-refractivity contribution in [3.63, 3.8) is 0 Å². The fraction of sp³-hybridized carbons (Fsp3) is 0.867. The highest BCUT2D eigenvalue weighted by atomic mass is 16.5. The molecule has 20 heavy (non-hydrogen) atoms. The summed E-state index contributed by atoms with van der Waals surface area (Å²) in [6.07, 6.45) is 6.68. The van der Waals surface area contributed by atoms with E-state index in [1.54, 1.807) is 0 Å². The standard InChI is InChI=1S/C15H26N4O/c1-12(2)14-17-13(18-20-14)10-19-9-8-16-11-15(19)6-4-3-5-7-15/h12,16H,3-11H2,1-2H3. The highest BCUT2D eigenvalue weighted by molar-refractivity contribution is 5.00. The van der Waals surface area contributed by atoms with Crippen molar-refractivity contribution in [2.75, 3.05) is 19.6 Å². The van der Waals surface area contributed by atoms with Gasteiger partial charge in [-0.1, -0.05) is 38.3 Å². The monoisotopic (exact) mass is 278 g/mol. The lowest BCUT2D eigenvalue weighted by Crippen LogP contribution is -2.61. The fourth-order valence-corrected chi connectivity index (χ4v) is 3.57. The molecule has 0 radical (unpaired) electrons. The quantitative estimate of drug-likeness (QED) is 0.919. The minimum atomic E-state index is 0.308. The van der Waals surface area contributed by atoms with Gasteiger partial charge in [-0.25, -0.2) is 0 Å². The summed E-state index contributed by atoms with van der Waals surface area (Å²) >= 11 is 0. The normalized spacial score (nSPS) is 23.6. The Balaban J connectivity index is 1.72.